The Labute approximate surface area is 277 Å². The number of aliphatic hydroxyl groups is 3. The summed E-state index contributed by atoms with van der Waals surface area (Å²) in [5.74, 6) is -8.52. The number of amides is 7. The van der Waals surface area contributed by atoms with E-state index in [0.29, 0.717) is 0 Å². The van der Waals surface area contributed by atoms with Crippen LogP contribution >= 0.6 is 0 Å². The molecule has 0 aliphatic carbocycles. The number of hydrogen-bond donors (Lipinski definition) is 12. The molecule has 0 spiro atoms. The molecular weight excluding hydrogens is 640 g/mol. The SMILES string of the molecule is CC(C)C[C@H](NC(=O)[C@H](CO)NC(=O)[C@H](CO)NC(=O)[C@H](C)NC(=O)[C@@H](N)C(C)C)C(=O)N[C@@H](CCC(N)=O)C(=O)N[C@@H](CO)C(=O)O. The summed E-state index contributed by atoms with van der Waals surface area (Å²) < 4.78 is 0. The van der Waals surface area contributed by atoms with Gasteiger partial charge in [-0.1, -0.05) is 27.7 Å². The Morgan fingerprint density at radius 1 is 0.562 bits per heavy atom. The van der Waals surface area contributed by atoms with E-state index < -0.39 is 116 Å². The van der Waals surface area contributed by atoms with Crippen molar-refractivity contribution in [3.63, 3.8) is 0 Å². The first-order valence-corrected chi connectivity index (χ1v) is 15.2. The number of aliphatic hydroxyl groups excluding tert-OH is 3. The van der Waals surface area contributed by atoms with Crippen LogP contribution in [0.3, 0.4) is 0 Å². The fourth-order valence-corrected chi connectivity index (χ4v) is 3.90. The van der Waals surface area contributed by atoms with Gasteiger partial charge in [0.15, 0.2) is 0 Å². The van der Waals surface area contributed by atoms with E-state index in [1.807, 2.05) is 5.32 Å². The third kappa shape index (κ3) is 15.5. The van der Waals surface area contributed by atoms with Crippen LogP contribution in [0.2, 0.25) is 0 Å². The minimum Gasteiger partial charge on any atom is -0.480 e. The standard InChI is InChI=1S/C28H50N8O12/c1-12(2)8-16(24(43)32-15(6-7-20(29)40)23(42)36-19(11-39)28(47)48)33-25(44)18(10-38)35-26(45)17(9-37)34-22(41)14(5)31-27(46)21(30)13(3)4/h12-19,21,37-39H,6-11,30H2,1-5H3,(H2,29,40)(H,31,46)(H,32,43)(H,33,44)(H,34,41)(H,35,45)(H,36,42)(H,47,48)/t14-,15-,16-,17-,18-,19-,21-/m0/s1. The van der Waals surface area contributed by atoms with Gasteiger partial charge in [-0.3, -0.25) is 33.6 Å². The van der Waals surface area contributed by atoms with Gasteiger partial charge in [-0.25, -0.2) is 4.79 Å². The minimum absolute atomic E-state index is 0.0262. The summed E-state index contributed by atoms with van der Waals surface area (Å²) >= 11 is 0. The average molecular weight is 691 g/mol. The molecule has 0 saturated heterocycles. The first kappa shape index (κ1) is 43.6. The molecule has 0 unspecified atom stereocenters. The lowest BCUT2D eigenvalue weighted by molar-refractivity contribution is -0.143. The van der Waals surface area contributed by atoms with E-state index in [0.717, 1.165) is 0 Å². The van der Waals surface area contributed by atoms with E-state index in [-0.39, 0.29) is 24.7 Å². The second-order valence-electron chi connectivity index (χ2n) is 11.8. The van der Waals surface area contributed by atoms with E-state index in [2.05, 4.69) is 26.6 Å². The smallest absolute Gasteiger partial charge is 0.328 e. The van der Waals surface area contributed by atoms with Gasteiger partial charge in [-0.15, -0.1) is 0 Å². The molecule has 0 radical (unpaired) electrons. The molecule has 0 aliphatic heterocycles. The summed E-state index contributed by atoms with van der Waals surface area (Å²) in [5, 5.41) is 51.3. The minimum atomic E-state index is -1.72. The van der Waals surface area contributed by atoms with Gasteiger partial charge in [0.05, 0.1) is 25.9 Å². The highest BCUT2D eigenvalue weighted by Crippen LogP contribution is 2.08. The monoisotopic (exact) mass is 690 g/mol. The fraction of sp³-hybridized carbons (Fsp3) is 0.714. The van der Waals surface area contributed by atoms with Crippen molar-refractivity contribution in [2.24, 2.45) is 23.3 Å². The van der Waals surface area contributed by atoms with E-state index in [9.17, 15) is 53.7 Å². The highest BCUT2D eigenvalue weighted by molar-refractivity contribution is 5.97. The van der Waals surface area contributed by atoms with Gasteiger partial charge in [-0.05, 0) is 31.6 Å². The van der Waals surface area contributed by atoms with E-state index in [1.54, 1.807) is 27.7 Å². The molecule has 0 fully saturated rings. The van der Waals surface area contributed by atoms with Crippen LogP contribution in [-0.2, 0) is 38.4 Å². The molecule has 14 N–H and O–H groups in total. The Morgan fingerprint density at radius 3 is 1.38 bits per heavy atom. The molecule has 20 nitrogen and oxygen atoms in total. The Bertz CT molecular complexity index is 1150. The summed E-state index contributed by atoms with van der Waals surface area (Å²) in [7, 11) is 0. The summed E-state index contributed by atoms with van der Waals surface area (Å²) in [4.78, 5) is 99.2. The molecule has 20 heteroatoms. The van der Waals surface area contributed by atoms with Crippen LogP contribution in [0.5, 0.6) is 0 Å². The first-order valence-electron chi connectivity index (χ1n) is 15.2. The molecule has 7 atom stereocenters. The van der Waals surface area contributed by atoms with Crippen LogP contribution in [0.1, 0.15) is 53.9 Å². The Balaban J connectivity index is 5.73. The van der Waals surface area contributed by atoms with Crippen LogP contribution in [0.4, 0.5) is 0 Å². The van der Waals surface area contributed by atoms with Crippen LogP contribution in [0, 0.1) is 11.8 Å². The van der Waals surface area contributed by atoms with Gasteiger partial charge in [0.2, 0.25) is 41.4 Å². The lowest BCUT2D eigenvalue weighted by Gasteiger charge is -2.27. The predicted octanol–water partition coefficient (Wildman–Crippen LogP) is -5.73. The maximum Gasteiger partial charge on any atom is 0.328 e. The number of carbonyl (C=O) groups is 8. The number of nitrogens with two attached hydrogens (primary N) is 2. The molecule has 0 saturated carbocycles. The topological polar surface area (TPSA) is 342 Å². The Morgan fingerprint density at radius 2 is 0.958 bits per heavy atom. The largest absolute Gasteiger partial charge is 0.480 e. The number of aliphatic carboxylic acids is 1. The van der Waals surface area contributed by atoms with E-state index in [4.69, 9.17) is 16.6 Å². The molecule has 0 aromatic carbocycles. The van der Waals surface area contributed by atoms with E-state index >= 15 is 0 Å². The number of carboxylic acid groups (broad SMARTS) is 1. The molecule has 0 rings (SSSR count). The van der Waals surface area contributed by atoms with Gasteiger partial charge < -0.3 is 63.8 Å². The van der Waals surface area contributed by atoms with Gasteiger partial charge in [-0.2, -0.15) is 0 Å². The first-order chi connectivity index (χ1) is 22.3. The van der Waals surface area contributed by atoms with Crippen LogP contribution < -0.4 is 43.4 Å². The van der Waals surface area contributed by atoms with Crippen molar-refractivity contribution < 1.29 is 58.8 Å². The number of hydrogen-bond acceptors (Lipinski definition) is 12. The highest BCUT2D eigenvalue weighted by Gasteiger charge is 2.33. The van der Waals surface area contributed by atoms with Crippen LogP contribution in [0.25, 0.3) is 0 Å². The van der Waals surface area contributed by atoms with Gasteiger partial charge in [0.25, 0.3) is 0 Å². The number of rotatable bonds is 22. The molecule has 274 valence electrons. The number of carbonyl (C=O) groups excluding carboxylic acids is 7. The third-order valence-electron chi connectivity index (χ3n) is 6.85. The molecule has 0 aliphatic rings. The zero-order chi connectivity index (χ0) is 37.3. The summed E-state index contributed by atoms with van der Waals surface area (Å²) in [5.41, 5.74) is 10.9. The van der Waals surface area contributed by atoms with Crippen molar-refractivity contribution in [1.82, 2.24) is 31.9 Å². The third-order valence-corrected chi connectivity index (χ3v) is 6.85. The summed E-state index contributed by atoms with van der Waals surface area (Å²) in [6, 6.07) is -9.99. The van der Waals surface area contributed by atoms with E-state index in [1.165, 1.54) is 6.92 Å². The second kappa shape index (κ2) is 21.5. The number of carboxylic acids is 1. The summed E-state index contributed by atoms with van der Waals surface area (Å²) in [6.45, 7) is 5.22. The second-order valence-corrected chi connectivity index (χ2v) is 11.8. The zero-order valence-corrected chi connectivity index (χ0v) is 27.6. The van der Waals surface area contributed by atoms with Crippen molar-refractivity contribution >= 4 is 47.3 Å². The maximum atomic E-state index is 13.2. The normalized spacial score (nSPS) is 15.5. The maximum absolute atomic E-state index is 13.2. The van der Waals surface area contributed by atoms with Crippen molar-refractivity contribution in [3.8, 4) is 0 Å². The van der Waals surface area contributed by atoms with Crippen molar-refractivity contribution in [3.05, 3.63) is 0 Å². The van der Waals surface area contributed by atoms with Gasteiger partial charge in [0.1, 0.15) is 36.3 Å². The number of primary amides is 1. The van der Waals surface area contributed by atoms with Crippen LogP contribution in [-0.4, -0.2) is 130 Å². The summed E-state index contributed by atoms with van der Waals surface area (Å²) in [6.07, 6.45) is -0.778. The van der Waals surface area contributed by atoms with Crippen LogP contribution in [0.15, 0.2) is 0 Å². The van der Waals surface area contributed by atoms with Crippen molar-refractivity contribution in [2.75, 3.05) is 19.8 Å². The molecule has 7 amide bonds. The molecular formula is C28H50N8O12. The molecule has 0 bridgehead atoms. The highest BCUT2D eigenvalue weighted by atomic mass is 16.4. The quantitative estimate of drug-likeness (QED) is 0.0504. The molecule has 0 heterocycles. The Hall–Kier alpha value is -4.40. The Kier molecular flexibility index (Phi) is 19.5. The van der Waals surface area contributed by atoms with Gasteiger partial charge in [0, 0.05) is 6.42 Å². The average Bonchev–Trinajstić information content (AvgIpc) is 3.00. The van der Waals surface area contributed by atoms with Crippen molar-refractivity contribution in [2.45, 2.75) is 96.2 Å². The molecule has 0 aromatic heterocycles. The van der Waals surface area contributed by atoms with Crippen molar-refractivity contribution in [1.29, 1.82) is 0 Å². The lowest BCUT2D eigenvalue weighted by Crippen LogP contribution is -2.61. The lowest BCUT2D eigenvalue weighted by atomic mass is 10.0. The van der Waals surface area contributed by atoms with Gasteiger partial charge >= 0.3 is 5.97 Å². The molecule has 0 aromatic rings. The predicted molar refractivity (Wildman–Crippen MR) is 167 cm³/mol. The molecule has 48 heavy (non-hydrogen) atoms. The number of nitrogens with one attached hydrogen (secondary N) is 6. The zero-order valence-electron chi connectivity index (χ0n) is 27.6. The fourth-order valence-electron chi connectivity index (χ4n) is 3.90.